The molecule has 1 amide bonds. The van der Waals surface area contributed by atoms with Crippen LogP contribution in [0.3, 0.4) is 0 Å². The van der Waals surface area contributed by atoms with Crippen molar-refractivity contribution in [2.75, 3.05) is 11.5 Å². The molecule has 1 N–H and O–H groups in total. The van der Waals surface area contributed by atoms with E-state index in [2.05, 4.69) is 22.1 Å². The molecule has 25 heavy (non-hydrogen) atoms. The lowest BCUT2D eigenvalue weighted by atomic mass is 10.1. The molecule has 2 heterocycles. The number of aromatic nitrogens is 3. The molecule has 1 fully saturated rings. The second-order valence-electron chi connectivity index (χ2n) is 7.34. The molecule has 0 aromatic carbocycles. The van der Waals surface area contributed by atoms with Crippen molar-refractivity contribution in [3.63, 3.8) is 0 Å². The van der Waals surface area contributed by atoms with Gasteiger partial charge in [-0.15, -0.1) is 16.8 Å². The van der Waals surface area contributed by atoms with Crippen molar-refractivity contribution < 1.29 is 13.2 Å². The number of nitrogens with one attached hydrogen (secondary N) is 1. The van der Waals surface area contributed by atoms with Crippen LogP contribution in [0.1, 0.15) is 45.9 Å². The van der Waals surface area contributed by atoms with Gasteiger partial charge in [-0.3, -0.25) is 4.79 Å². The molecule has 2 unspecified atom stereocenters. The van der Waals surface area contributed by atoms with Gasteiger partial charge in [-0.2, -0.15) is 0 Å². The summed E-state index contributed by atoms with van der Waals surface area (Å²) in [6.07, 6.45) is 2.28. The third-order valence-corrected chi connectivity index (χ3v) is 6.65. The van der Waals surface area contributed by atoms with Gasteiger partial charge in [0, 0.05) is 18.0 Å². The van der Waals surface area contributed by atoms with Gasteiger partial charge in [0.2, 0.25) is 5.91 Å². The second-order valence-corrected chi connectivity index (χ2v) is 10.9. The Labute approximate surface area is 153 Å². The first-order chi connectivity index (χ1) is 11.5. The minimum Gasteiger partial charge on any atom is -0.351 e. The SMILES string of the molecule is C=CCn1c(SC(C)C(=O)NC(C)(C)C)nnc1C1CCS(=O)(=O)C1. The molecule has 1 saturated heterocycles. The van der Waals surface area contributed by atoms with Crippen molar-refractivity contribution >= 4 is 27.5 Å². The standard InChI is InChI=1S/C16H26N4O3S2/c1-6-8-20-13(12-7-9-25(22,23)10-12)18-19-15(20)24-11(2)14(21)17-16(3,4)5/h6,11-12H,1,7-10H2,2-5H3,(H,17,21). The molecule has 1 aliphatic heterocycles. The van der Waals surface area contributed by atoms with Crippen LogP contribution in [0.2, 0.25) is 0 Å². The summed E-state index contributed by atoms with van der Waals surface area (Å²) in [6.45, 7) is 11.8. The van der Waals surface area contributed by atoms with E-state index in [-0.39, 0.29) is 34.1 Å². The largest absolute Gasteiger partial charge is 0.351 e. The van der Waals surface area contributed by atoms with Crippen LogP contribution in [0.4, 0.5) is 0 Å². The van der Waals surface area contributed by atoms with E-state index >= 15 is 0 Å². The number of hydrogen-bond acceptors (Lipinski definition) is 6. The van der Waals surface area contributed by atoms with E-state index in [1.54, 1.807) is 6.08 Å². The molecule has 1 aromatic heterocycles. The van der Waals surface area contributed by atoms with E-state index in [9.17, 15) is 13.2 Å². The highest BCUT2D eigenvalue weighted by Gasteiger charge is 2.33. The van der Waals surface area contributed by atoms with E-state index in [1.807, 2.05) is 32.3 Å². The van der Waals surface area contributed by atoms with Crippen LogP contribution < -0.4 is 5.32 Å². The molecule has 2 atom stereocenters. The molecule has 1 aliphatic rings. The number of rotatable bonds is 6. The van der Waals surface area contributed by atoms with Gasteiger partial charge in [0.05, 0.1) is 16.8 Å². The van der Waals surface area contributed by atoms with Crippen molar-refractivity contribution in [1.29, 1.82) is 0 Å². The van der Waals surface area contributed by atoms with Crippen molar-refractivity contribution in [2.24, 2.45) is 0 Å². The number of sulfone groups is 1. The van der Waals surface area contributed by atoms with Gasteiger partial charge in [0.1, 0.15) is 5.82 Å². The van der Waals surface area contributed by atoms with E-state index in [0.29, 0.717) is 23.9 Å². The highest BCUT2D eigenvalue weighted by atomic mass is 32.2. The normalized spacial score (nSPS) is 21.0. The summed E-state index contributed by atoms with van der Waals surface area (Å²) < 4.78 is 25.4. The Hall–Kier alpha value is -1.35. The van der Waals surface area contributed by atoms with Gasteiger partial charge in [0.15, 0.2) is 15.0 Å². The topological polar surface area (TPSA) is 93.9 Å². The number of carbonyl (C=O) groups is 1. The molecule has 0 radical (unpaired) electrons. The summed E-state index contributed by atoms with van der Waals surface area (Å²) in [5.74, 6) is 0.728. The molecule has 0 bridgehead atoms. The van der Waals surface area contributed by atoms with Gasteiger partial charge >= 0.3 is 0 Å². The van der Waals surface area contributed by atoms with E-state index in [0.717, 1.165) is 0 Å². The first-order valence-electron chi connectivity index (χ1n) is 8.25. The lowest BCUT2D eigenvalue weighted by Gasteiger charge is -2.23. The van der Waals surface area contributed by atoms with E-state index in [1.165, 1.54) is 11.8 Å². The first kappa shape index (κ1) is 20.0. The summed E-state index contributed by atoms with van der Waals surface area (Å²) in [6, 6.07) is 0. The zero-order chi connectivity index (χ0) is 18.8. The summed E-state index contributed by atoms with van der Waals surface area (Å²) in [7, 11) is -3.00. The predicted octanol–water partition coefficient (Wildman–Crippen LogP) is 1.76. The molecule has 2 rings (SSSR count). The number of amides is 1. The Balaban J connectivity index is 2.18. The maximum Gasteiger partial charge on any atom is 0.233 e. The second kappa shape index (κ2) is 7.49. The smallest absolute Gasteiger partial charge is 0.233 e. The van der Waals surface area contributed by atoms with E-state index in [4.69, 9.17) is 0 Å². The Morgan fingerprint density at radius 1 is 1.48 bits per heavy atom. The van der Waals surface area contributed by atoms with Crippen LogP contribution in [0.5, 0.6) is 0 Å². The average molecular weight is 387 g/mol. The third-order valence-electron chi connectivity index (χ3n) is 3.80. The molecule has 0 saturated carbocycles. The lowest BCUT2D eigenvalue weighted by molar-refractivity contribution is -0.121. The van der Waals surface area contributed by atoms with Gasteiger partial charge < -0.3 is 9.88 Å². The summed E-state index contributed by atoms with van der Waals surface area (Å²) in [4.78, 5) is 12.3. The average Bonchev–Trinajstić information content (AvgIpc) is 3.01. The molecule has 0 spiro atoms. The Bertz CT molecular complexity index is 750. The van der Waals surface area contributed by atoms with Gasteiger partial charge in [0.25, 0.3) is 0 Å². The summed E-state index contributed by atoms with van der Waals surface area (Å²) in [5.41, 5.74) is -0.302. The summed E-state index contributed by atoms with van der Waals surface area (Å²) in [5, 5.41) is 11.6. The quantitative estimate of drug-likeness (QED) is 0.591. The van der Waals surface area contributed by atoms with E-state index < -0.39 is 9.84 Å². The van der Waals surface area contributed by atoms with Crippen LogP contribution in [-0.4, -0.2) is 51.4 Å². The van der Waals surface area contributed by atoms with Gasteiger partial charge in [-0.1, -0.05) is 17.8 Å². The monoisotopic (exact) mass is 386 g/mol. The molecular weight excluding hydrogens is 360 g/mol. The van der Waals surface area contributed by atoms with Crippen LogP contribution in [-0.2, 0) is 21.2 Å². The fourth-order valence-corrected chi connectivity index (χ4v) is 5.28. The molecule has 140 valence electrons. The van der Waals surface area contributed by atoms with Crippen LogP contribution in [0.15, 0.2) is 17.8 Å². The third kappa shape index (κ3) is 5.31. The zero-order valence-electron chi connectivity index (χ0n) is 15.2. The Morgan fingerprint density at radius 3 is 2.68 bits per heavy atom. The van der Waals surface area contributed by atoms with Gasteiger partial charge in [-0.25, -0.2) is 8.42 Å². The zero-order valence-corrected chi connectivity index (χ0v) is 16.8. The van der Waals surface area contributed by atoms with Crippen molar-refractivity contribution in [2.45, 2.75) is 62.5 Å². The minimum atomic E-state index is -3.00. The highest BCUT2D eigenvalue weighted by molar-refractivity contribution is 8.00. The minimum absolute atomic E-state index is 0.0735. The maximum absolute atomic E-state index is 12.3. The number of nitrogens with zero attached hydrogens (tertiary/aromatic N) is 3. The fraction of sp³-hybridized carbons (Fsp3) is 0.688. The van der Waals surface area contributed by atoms with Crippen LogP contribution in [0, 0.1) is 0 Å². The molecular formula is C16H26N4O3S2. The molecule has 9 heteroatoms. The Kier molecular flexibility index (Phi) is 5.98. The fourth-order valence-electron chi connectivity index (χ4n) is 2.67. The van der Waals surface area contributed by atoms with Crippen LogP contribution in [0.25, 0.3) is 0 Å². The number of carbonyl (C=O) groups excluding carboxylic acids is 1. The number of hydrogen-bond donors (Lipinski definition) is 1. The number of allylic oxidation sites excluding steroid dienone is 1. The van der Waals surface area contributed by atoms with Crippen molar-refractivity contribution in [1.82, 2.24) is 20.1 Å². The lowest BCUT2D eigenvalue weighted by Crippen LogP contribution is -2.44. The van der Waals surface area contributed by atoms with Gasteiger partial charge in [-0.05, 0) is 34.1 Å². The van der Waals surface area contributed by atoms with Crippen molar-refractivity contribution in [3.8, 4) is 0 Å². The molecule has 1 aromatic rings. The highest BCUT2D eigenvalue weighted by Crippen LogP contribution is 2.31. The molecule has 7 nitrogen and oxygen atoms in total. The maximum atomic E-state index is 12.3. The number of thioether (sulfide) groups is 1. The summed E-state index contributed by atoms with van der Waals surface area (Å²) >= 11 is 1.32. The van der Waals surface area contributed by atoms with Crippen molar-refractivity contribution in [3.05, 3.63) is 18.5 Å². The first-order valence-corrected chi connectivity index (χ1v) is 11.0. The Morgan fingerprint density at radius 2 is 2.16 bits per heavy atom. The predicted molar refractivity (Wildman–Crippen MR) is 99.4 cm³/mol. The van der Waals surface area contributed by atoms with Crippen LogP contribution >= 0.6 is 11.8 Å². The molecule has 0 aliphatic carbocycles.